The molecule has 0 aliphatic rings. The van der Waals surface area contributed by atoms with Crippen molar-refractivity contribution < 1.29 is 0 Å². The number of benzene rings is 1. The molecule has 0 fully saturated rings. The van der Waals surface area contributed by atoms with Crippen molar-refractivity contribution in [2.45, 2.75) is 26.2 Å². The van der Waals surface area contributed by atoms with Gasteiger partial charge in [-0.2, -0.15) is 0 Å². The molecule has 0 radical (unpaired) electrons. The zero-order valence-electron chi connectivity index (χ0n) is 12.3. The number of nitrogens with zero attached hydrogens (tertiary/aromatic N) is 1. The molecule has 0 saturated carbocycles. The predicted molar refractivity (Wildman–Crippen MR) is 90.8 cm³/mol. The Hall–Kier alpha value is -1.91. The SMILES string of the molecule is CC(C)c1cccc2cc(Cc3cccs3)c(NN)nc12. The first-order valence-electron chi connectivity index (χ1n) is 7.10. The van der Waals surface area contributed by atoms with Gasteiger partial charge in [0.2, 0.25) is 0 Å². The average Bonchev–Trinajstić information content (AvgIpc) is 2.98. The molecule has 0 atom stereocenters. The molecule has 108 valence electrons. The Balaban J connectivity index is 2.13. The largest absolute Gasteiger partial charge is 0.308 e. The first kappa shape index (κ1) is 14.0. The molecule has 0 amide bonds. The van der Waals surface area contributed by atoms with Gasteiger partial charge in [0.05, 0.1) is 5.52 Å². The molecule has 2 aromatic heterocycles. The third-order valence-corrected chi connectivity index (χ3v) is 4.54. The predicted octanol–water partition coefficient (Wildman–Crippen LogP) is 4.30. The van der Waals surface area contributed by atoms with E-state index in [4.69, 9.17) is 10.8 Å². The van der Waals surface area contributed by atoms with Gasteiger partial charge in [0.25, 0.3) is 0 Å². The Bertz CT molecular complexity index is 748. The van der Waals surface area contributed by atoms with Crippen LogP contribution in [0.3, 0.4) is 0 Å². The second-order valence-electron chi connectivity index (χ2n) is 5.47. The fourth-order valence-electron chi connectivity index (χ4n) is 2.59. The van der Waals surface area contributed by atoms with Crippen molar-refractivity contribution in [3.8, 4) is 0 Å². The molecule has 3 nitrogen and oxygen atoms in total. The highest BCUT2D eigenvalue weighted by atomic mass is 32.1. The maximum atomic E-state index is 5.69. The van der Waals surface area contributed by atoms with E-state index >= 15 is 0 Å². The molecule has 3 N–H and O–H groups in total. The van der Waals surface area contributed by atoms with Crippen LogP contribution in [-0.2, 0) is 6.42 Å². The molecule has 0 saturated heterocycles. The number of hydrogen-bond acceptors (Lipinski definition) is 4. The van der Waals surface area contributed by atoms with Crippen molar-refractivity contribution in [3.63, 3.8) is 0 Å². The molecule has 3 rings (SSSR count). The number of nitrogens with one attached hydrogen (secondary N) is 1. The minimum Gasteiger partial charge on any atom is -0.308 e. The zero-order valence-corrected chi connectivity index (χ0v) is 13.1. The van der Waals surface area contributed by atoms with Crippen LogP contribution in [0.15, 0.2) is 41.8 Å². The van der Waals surface area contributed by atoms with Crippen LogP contribution in [-0.4, -0.2) is 4.98 Å². The van der Waals surface area contributed by atoms with Crippen LogP contribution < -0.4 is 11.3 Å². The maximum Gasteiger partial charge on any atom is 0.144 e. The number of hydrazine groups is 1. The molecule has 0 aliphatic carbocycles. The molecule has 0 bridgehead atoms. The van der Waals surface area contributed by atoms with E-state index in [-0.39, 0.29) is 0 Å². The summed E-state index contributed by atoms with van der Waals surface area (Å²) in [6.07, 6.45) is 0.853. The average molecular weight is 297 g/mol. The molecule has 2 heterocycles. The molecule has 21 heavy (non-hydrogen) atoms. The number of anilines is 1. The van der Waals surface area contributed by atoms with Crippen LogP contribution in [0.1, 0.15) is 35.8 Å². The molecule has 1 aromatic carbocycles. The number of fused-ring (bicyclic) bond motifs is 1. The van der Waals surface area contributed by atoms with E-state index in [0.717, 1.165) is 23.3 Å². The summed E-state index contributed by atoms with van der Waals surface area (Å²) in [5.74, 6) is 6.90. The summed E-state index contributed by atoms with van der Waals surface area (Å²) >= 11 is 1.75. The van der Waals surface area contributed by atoms with E-state index in [2.05, 4.69) is 61.1 Å². The van der Waals surface area contributed by atoms with Crippen molar-refractivity contribution in [1.29, 1.82) is 0 Å². The van der Waals surface area contributed by atoms with Crippen LogP contribution in [0, 0.1) is 0 Å². The first-order valence-corrected chi connectivity index (χ1v) is 7.98. The van der Waals surface area contributed by atoms with Gasteiger partial charge >= 0.3 is 0 Å². The normalized spacial score (nSPS) is 11.2. The Morgan fingerprint density at radius 3 is 2.76 bits per heavy atom. The highest BCUT2D eigenvalue weighted by molar-refractivity contribution is 7.09. The lowest BCUT2D eigenvalue weighted by atomic mass is 9.98. The van der Waals surface area contributed by atoms with Crippen LogP contribution in [0.4, 0.5) is 5.82 Å². The van der Waals surface area contributed by atoms with E-state index in [1.807, 2.05) is 0 Å². The standard InChI is InChI=1S/C17H19N3S/c1-11(2)15-7-3-5-12-9-13(10-14-6-4-8-21-14)17(20-18)19-16(12)15/h3-9,11H,10,18H2,1-2H3,(H,19,20). The Labute approximate surface area is 128 Å². The van der Waals surface area contributed by atoms with E-state index in [9.17, 15) is 0 Å². The summed E-state index contributed by atoms with van der Waals surface area (Å²) in [5, 5.41) is 3.27. The smallest absolute Gasteiger partial charge is 0.144 e. The van der Waals surface area contributed by atoms with Gasteiger partial charge in [-0.25, -0.2) is 10.8 Å². The van der Waals surface area contributed by atoms with E-state index in [1.165, 1.54) is 15.8 Å². The van der Waals surface area contributed by atoms with Gasteiger partial charge < -0.3 is 5.43 Å². The minimum absolute atomic E-state index is 0.440. The molecule has 4 heteroatoms. The van der Waals surface area contributed by atoms with Crippen LogP contribution in [0.25, 0.3) is 10.9 Å². The van der Waals surface area contributed by atoms with Gasteiger partial charge in [0.1, 0.15) is 5.82 Å². The summed E-state index contributed by atoms with van der Waals surface area (Å²) in [6, 6.07) is 12.8. The zero-order chi connectivity index (χ0) is 14.8. The highest BCUT2D eigenvalue weighted by Gasteiger charge is 2.11. The maximum absolute atomic E-state index is 5.69. The van der Waals surface area contributed by atoms with Crippen LogP contribution >= 0.6 is 11.3 Å². The number of para-hydroxylation sites is 1. The number of aromatic nitrogens is 1. The molecule has 0 unspecified atom stereocenters. The van der Waals surface area contributed by atoms with Crippen LogP contribution in [0.2, 0.25) is 0 Å². The number of nitrogen functional groups attached to an aromatic ring is 1. The topological polar surface area (TPSA) is 50.9 Å². The van der Waals surface area contributed by atoms with E-state index < -0.39 is 0 Å². The van der Waals surface area contributed by atoms with Gasteiger partial charge in [-0.05, 0) is 29.0 Å². The fourth-order valence-corrected chi connectivity index (χ4v) is 3.32. The minimum atomic E-state index is 0.440. The van der Waals surface area contributed by atoms with Crippen molar-refractivity contribution in [2.75, 3.05) is 5.43 Å². The van der Waals surface area contributed by atoms with Gasteiger partial charge in [0.15, 0.2) is 0 Å². The van der Waals surface area contributed by atoms with Gasteiger partial charge in [-0.15, -0.1) is 11.3 Å². The first-order chi connectivity index (χ1) is 10.2. The molecule has 0 spiro atoms. The summed E-state index contributed by atoms with van der Waals surface area (Å²) in [6.45, 7) is 4.37. The molecular weight excluding hydrogens is 278 g/mol. The molecule has 3 aromatic rings. The van der Waals surface area contributed by atoms with E-state index in [0.29, 0.717) is 5.92 Å². The van der Waals surface area contributed by atoms with Crippen molar-refractivity contribution >= 4 is 28.1 Å². The number of pyridine rings is 1. The van der Waals surface area contributed by atoms with Crippen LogP contribution in [0.5, 0.6) is 0 Å². The van der Waals surface area contributed by atoms with Gasteiger partial charge in [-0.3, -0.25) is 0 Å². The van der Waals surface area contributed by atoms with Gasteiger partial charge in [0, 0.05) is 22.2 Å². The highest BCUT2D eigenvalue weighted by Crippen LogP contribution is 2.29. The molecular formula is C17H19N3S. The number of nitrogens with two attached hydrogens (primary N) is 1. The third-order valence-electron chi connectivity index (χ3n) is 3.66. The monoisotopic (exact) mass is 297 g/mol. The summed E-state index contributed by atoms with van der Waals surface area (Å²) in [7, 11) is 0. The Morgan fingerprint density at radius 1 is 1.24 bits per heavy atom. The molecule has 0 aliphatic heterocycles. The Morgan fingerprint density at radius 2 is 2.10 bits per heavy atom. The number of rotatable bonds is 4. The lowest BCUT2D eigenvalue weighted by molar-refractivity contribution is 0.872. The summed E-state index contributed by atoms with van der Waals surface area (Å²) < 4.78 is 0. The number of hydrogen-bond donors (Lipinski definition) is 2. The quantitative estimate of drug-likeness (QED) is 0.558. The Kier molecular flexibility index (Phi) is 3.90. The van der Waals surface area contributed by atoms with Crippen molar-refractivity contribution in [1.82, 2.24) is 4.98 Å². The fraction of sp³-hybridized carbons (Fsp3) is 0.235. The second kappa shape index (κ2) is 5.84. The van der Waals surface area contributed by atoms with Gasteiger partial charge in [-0.1, -0.05) is 38.1 Å². The third kappa shape index (κ3) is 2.77. The lowest BCUT2D eigenvalue weighted by Gasteiger charge is -2.13. The van der Waals surface area contributed by atoms with E-state index in [1.54, 1.807) is 11.3 Å². The second-order valence-corrected chi connectivity index (χ2v) is 6.50. The number of thiophene rings is 1. The van der Waals surface area contributed by atoms with Crippen molar-refractivity contribution in [3.05, 3.63) is 57.8 Å². The van der Waals surface area contributed by atoms with Crippen molar-refractivity contribution in [2.24, 2.45) is 5.84 Å². The summed E-state index contributed by atoms with van der Waals surface area (Å²) in [4.78, 5) is 6.08. The lowest BCUT2D eigenvalue weighted by Crippen LogP contribution is -2.12. The summed E-state index contributed by atoms with van der Waals surface area (Å²) in [5.41, 5.74) is 6.19.